The van der Waals surface area contributed by atoms with Crippen molar-refractivity contribution in [3.63, 3.8) is 0 Å². The SMILES string of the molecule is CC/C=C\C/C=C\C/C=C\C/C=C\C/C=C\CC(=O)OC(COC(=O)CCCCCCCC)COC(=O)CCCCCCCCCCCCCCCCCCCCCCCCCCCCCCCC. The van der Waals surface area contributed by atoms with E-state index in [1.807, 2.05) is 6.08 Å². The van der Waals surface area contributed by atoms with Crippen molar-refractivity contribution in [1.82, 2.24) is 0 Å². The molecule has 0 heterocycles. The Morgan fingerprint density at radius 3 is 0.826 bits per heavy atom. The molecule has 0 N–H and O–H groups in total. The number of carbonyl (C=O) groups is 3. The zero-order valence-corrected chi connectivity index (χ0v) is 45.8. The van der Waals surface area contributed by atoms with Crippen LogP contribution < -0.4 is 0 Å². The summed E-state index contributed by atoms with van der Waals surface area (Å²) in [6.45, 7) is 6.41. The highest BCUT2D eigenvalue weighted by molar-refractivity contribution is 5.72. The van der Waals surface area contributed by atoms with Crippen molar-refractivity contribution in [3.8, 4) is 0 Å². The first kappa shape index (κ1) is 66.1. The van der Waals surface area contributed by atoms with Crippen molar-refractivity contribution in [2.45, 2.75) is 309 Å². The lowest BCUT2D eigenvalue weighted by Crippen LogP contribution is -2.30. The van der Waals surface area contributed by atoms with Gasteiger partial charge in [-0.1, -0.05) is 300 Å². The summed E-state index contributed by atoms with van der Waals surface area (Å²) in [4.78, 5) is 37.7. The molecule has 0 aromatic carbocycles. The molecular formula is C63H112O6. The van der Waals surface area contributed by atoms with Crippen LogP contribution in [0.4, 0.5) is 0 Å². The Labute approximate surface area is 428 Å². The maximum absolute atomic E-state index is 12.7. The lowest BCUT2D eigenvalue weighted by Gasteiger charge is -2.18. The van der Waals surface area contributed by atoms with Crippen molar-refractivity contribution in [3.05, 3.63) is 60.8 Å². The Morgan fingerprint density at radius 1 is 0.304 bits per heavy atom. The lowest BCUT2D eigenvalue weighted by atomic mass is 10.0. The third-order valence-corrected chi connectivity index (χ3v) is 13.1. The Hall–Kier alpha value is -2.89. The first-order valence-electron chi connectivity index (χ1n) is 29.8. The summed E-state index contributed by atoms with van der Waals surface area (Å²) in [5.74, 6) is -1.04. The highest BCUT2D eigenvalue weighted by atomic mass is 16.6. The number of rotatable bonds is 54. The number of ether oxygens (including phenoxy) is 3. The first-order valence-corrected chi connectivity index (χ1v) is 29.8. The molecule has 0 bridgehead atoms. The van der Waals surface area contributed by atoms with Crippen molar-refractivity contribution in [1.29, 1.82) is 0 Å². The van der Waals surface area contributed by atoms with E-state index in [1.54, 1.807) is 6.08 Å². The molecule has 0 fully saturated rings. The summed E-state index contributed by atoms with van der Waals surface area (Å²) in [5, 5.41) is 0. The molecule has 0 saturated heterocycles. The molecule has 400 valence electrons. The van der Waals surface area contributed by atoms with E-state index in [0.29, 0.717) is 12.8 Å². The van der Waals surface area contributed by atoms with E-state index in [1.165, 1.54) is 193 Å². The van der Waals surface area contributed by atoms with Gasteiger partial charge in [0.1, 0.15) is 13.2 Å². The molecule has 0 aliphatic heterocycles. The minimum Gasteiger partial charge on any atom is -0.462 e. The normalized spacial score (nSPS) is 12.4. The van der Waals surface area contributed by atoms with Crippen molar-refractivity contribution in [2.24, 2.45) is 0 Å². The second kappa shape index (κ2) is 57.7. The fourth-order valence-electron chi connectivity index (χ4n) is 8.64. The van der Waals surface area contributed by atoms with Gasteiger partial charge >= 0.3 is 17.9 Å². The number of unbranched alkanes of at least 4 members (excludes halogenated alkanes) is 34. The molecule has 0 aromatic heterocycles. The van der Waals surface area contributed by atoms with Crippen LogP contribution in [0.2, 0.25) is 0 Å². The van der Waals surface area contributed by atoms with Gasteiger partial charge in [0, 0.05) is 12.8 Å². The molecule has 6 heteroatoms. The zero-order valence-electron chi connectivity index (χ0n) is 45.8. The van der Waals surface area contributed by atoms with Gasteiger partial charge in [0.2, 0.25) is 0 Å². The van der Waals surface area contributed by atoms with Gasteiger partial charge in [-0.25, -0.2) is 0 Å². The quantitative estimate of drug-likeness (QED) is 0.0262. The average Bonchev–Trinajstić information content (AvgIpc) is 3.35. The summed E-state index contributed by atoms with van der Waals surface area (Å²) in [6.07, 6.45) is 73.1. The van der Waals surface area contributed by atoms with Crippen LogP contribution in [0, 0.1) is 0 Å². The molecule has 0 aliphatic carbocycles. The van der Waals surface area contributed by atoms with Gasteiger partial charge in [-0.15, -0.1) is 0 Å². The second-order valence-corrected chi connectivity index (χ2v) is 19.9. The summed E-state index contributed by atoms with van der Waals surface area (Å²) in [7, 11) is 0. The Kier molecular flexibility index (Phi) is 55.3. The van der Waals surface area contributed by atoms with Crippen LogP contribution in [0.5, 0.6) is 0 Å². The fraction of sp³-hybridized carbons (Fsp3) is 0.794. The van der Waals surface area contributed by atoms with Gasteiger partial charge in [-0.05, 0) is 44.9 Å². The Morgan fingerprint density at radius 2 is 0.551 bits per heavy atom. The van der Waals surface area contributed by atoms with Crippen LogP contribution in [-0.2, 0) is 28.6 Å². The smallest absolute Gasteiger partial charge is 0.310 e. The van der Waals surface area contributed by atoms with Crippen LogP contribution in [0.25, 0.3) is 0 Å². The molecule has 0 rings (SSSR count). The van der Waals surface area contributed by atoms with Gasteiger partial charge < -0.3 is 14.2 Å². The maximum atomic E-state index is 12.7. The molecule has 0 radical (unpaired) electrons. The van der Waals surface area contributed by atoms with Crippen LogP contribution >= 0.6 is 0 Å². The monoisotopic (exact) mass is 965 g/mol. The number of carbonyl (C=O) groups excluding carboxylic acids is 3. The van der Waals surface area contributed by atoms with Crippen molar-refractivity contribution < 1.29 is 28.6 Å². The molecule has 1 unspecified atom stereocenters. The predicted molar refractivity (Wildman–Crippen MR) is 298 cm³/mol. The van der Waals surface area contributed by atoms with Crippen LogP contribution in [0.3, 0.4) is 0 Å². The molecule has 0 saturated carbocycles. The van der Waals surface area contributed by atoms with Gasteiger partial charge in [-0.2, -0.15) is 0 Å². The molecule has 0 aliphatic rings. The Balaban J connectivity index is 4.03. The summed E-state index contributed by atoms with van der Waals surface area (Å²) < 4.78 is 16.6. The van der Waals surface area contributed by atoms with E-state index in [0.717, 1.165) is 70.6 Å². The number of hydrogen-bond donors (Lipinski definition) is 0. The largest absolute Gasteiger partial charge is 0.462 e. The van der Waals surface area contributed by atoms with Crippen LogP contribution in [0.15, 0.2) is 60.8 Å². The molecule has 1 atom stereocenters. The van der Waals surface area contributed by atoms with E-state index in [2.05, 4.69) is 69.4 Å². The van der Waals surface area contributed by atoms with Crippen LogP contribution in [-0.4, -0.2) is 37.2 Å². The first-order chi connectivity index (χ1) is 34.0. The number of hydrogen-bond acceptors (Lipinski definition) is 6. The number of esters is 3. The molecule has 6 nitrogen and oxygen atoms in total. The van der Waals surface area contributed by atoms with Crippen LogP contribution in [0.1, 0.15) is 303 Å². The summed E-state index contributed by atoms with van der Waals surface area (Å²) >= 11 is 0. The molecule has 0 spiro atoms. The van der Waals surface area contributed by atoms with Gasteiger partial charge in [0.15, 0.2) is 6.10 Å². The molecule has 0 amide bonds. The third kappa shape index (κ3) is 55.9. The predicted octanol–water partition coefficient (Wildman–Crippen LogP) is 20.0. The third-order valence-electron chi connectivity index (χ3n) is 13.1. The Bertz CT molecular complexity index is 1250. The van der Waals surface area contributed by atoms with E-state index < -0.39 is 12.1 Å². The number of allylic oxidation sites excluding steroid dienone is 9. The summed E-state index contributed by atoms with van der Waals surface area (Å²) in [6, 6.07) is 0. The minimum absolute atomic E-state index is 0.101. The molecule has 69 heavy (non-hydrogen) atoms. The molecular weight excluding hydrogens is 853 g/mol. The van der Waals surface area contributed by atoms with Gasteiger partial charge in [-0.3, -0.25) is 14.4 Å². The topological polar surface area (TPSA) is 78.9 Å². The second-order valence-electron chi connectivity index (χ2n) is 19.9. The van der Waals surface area contributed by atoms with E-state index in [-0.39, 0.29) is 31.6 Å². The molecule has 0 aromatic rings. The van der Waals surface area contributed by atoms with Gasteiger partial charge in [0.05, 0.1) is 6.42 Å². The van der Waals surface area contributed by atoms with E-state index >= 15 is 0 Å². The average molecular weight is 966 g/mol. The van der Waals surface area contributed by atoms with Gasteiger partial charge in [0.25, 0.3) is 0 Å². The van der Waals surface area contributed by atoms with E-state index in [9.17, 15) is 14.4 Å². The standard InChI is InChI=1S/C63H112O6/c1-4-7-10-13-16-18-20-22-24-25-26-27-28-29-30-31-32-33-34-35-36-37-38-40-41-43-45-47-50-53-56-62(65)68-59-60(58-67-61(64)55-52-49-15-12-9-6-3)69-63(66)57-54-51-48-46-44-42-39-23-21-19-17-14-11-8-5-2/h8,11,17,19,23,39,44,46,51,54,60H,4-7,9-10,12-16,18,20-22,24-38,40-43,45,47-50,52-53,55-59H2,1-3H3/b11-8-,19-17-,39-23-,46-44-,54-51-. The summed E-state index contributed by atoms with van der Waals surface area (Å²) in [5.41, 5.74) is 0. The fourth-order valence-corrected chi connectivity index (χ4v) is 8.64. The van der Waals surface area contributed by atoms with E-state index in [4.69, 9.17) is 14.2 Å². The van der Waals surface area contributed by atoms with Crippen molar-refractivity contribution in [2.75, 3.05) is 13.2 Å². The highest BCUT2D eigenvalue weighted by Crippen LogP contribution is 2.17. The lowest BCUT2D eigenvalue weighted by molar-refractivity contribution is -0.166. The maximum Gasteiger partial charge on any atom is 0.310 e. The van der Waals surface area contributed by atoms with Crippen molar-refractivity contribution >= 4 is 17.9 Å². The minimum atomic E-state index is -0.823. The zero-order chi connectivity index (χ0) is 50.0. The highest BCUT2D eigenvalue weighted by Gasteiger charge is 2.19.